The number of esters is 1. The van der Waals surface area contributed by atoms with Crippen LogP contribution >= 0.6 is 21.6 Å². The standard InChI is InChI=1S/C28H19NO7S2/c30-17-8-10-21-23(15-17)35-24-16-18(34-27(32)33-13-14-37-38-25-7-3-4-12-29-25)9-11-22(24)28(21)20-6-2-1-5-19(20)26(31)36-28/h1-12,15-16,30H,13-14H2. The van der Waals surface area contributed by atoms with Gasteiger partial charge in [-0.3, -0.25) is 0 Å². The van der Waals surface area contributed by atoms with Crippen LogP contribution in [0.4, 0.5) is 4.79 Å². The van der Waals surface area contributed by atoms with Gasteiger partial charge in [-0.2, -0.15) is 0 Å². The van der Waals surface area contributed by atoms with Crippen molar-refractivity contribution in [1.82, 2.24) is 4.98 Å². The van der Waals surface area contributed by atoms with Crippen LogP contribution in [0.15, 0.2) is 90.1 Å². The zero-order valence-electron chi connectivity index (χ0n) is 19.7. The Morgan fingerprint density at radius 2 is 1.74 bits per heavy atom. The van der Waals surface area contributed by atoms with Crippen molar-refractivity contribution in [3.05, 3.63) is 107 Å². The van der Waals surface area contributed by atoms with Gasteiger partial charge in [0.15, 0.2) is 5.60 Å². The lowest BCUT2D eigenvalue weighted by Gasteiger charge is -2.36. The fraction of sp³-hybridized carbons (Fsp3) is 0.107. The molecule has 190 valence electrons. The van der Waals surface area contributed by atoms with Gasteiger partial charge in [0.25, 0.3) is 0 Å². The van der Waals surface area contributed by atoms with Crippen molar-refractivity contribution < 1.29 is 33.6 Å². The van der Waals surface area contributed by atoms with E-state index in [4.69, 9.17) is 18.9 Å². The van der Waals surface area contributed by atoms with Crippen LogP contribution in [0.25, 0.3) is 0 Å². The van der Waals surface area contributed by atoms with Gasteiger partial charge in [0.2, 0.25) is 0 Å². The third kappa shape index (κ3) is 4.31. The van der Waals surface area contributed by atoms with Crippen molar-refractivity contribution >= 4 is 33.7 Å². The van der Waals surface area contributed by atoms with E-state index in [1.807, 2.05) is 30.3 Å². The molecule has 2 aliphatic rings. The lowest BCUT2D eigenvalue weighted by molar-refractivity contribution is 0.0224. The highest BCUT2D eigenvalue weighted by atomic mass is 33.1. The number of rotatable bonds is 6. The minimum atomic E-state index is -1.27. The van der Waals surface area contributed by atoms with Crippen LogP contribution < -0.4 is 9.47 Å². The lowest BCUT2D eigenvalue weighted by Crippen LogP contribution is -2.33. The number of hydrogen-bond acceptors (Lipinski definition) is 10. The van der Waals surface area contributed by atoms with E-state index in [9.17, 15) is 14.7 Å². The van der Waals surface area contributed by atoms with Gasteiger partial charge in [0.1, 0.15) is 34.6 Å². The number of fused-ring (bicyclic) bond motifs is 6. The number of aromatic hydroxyl groups is 1. The molecule has 0 saturated carbocycles. The quantitative estimate of drug-likeness (QED) is 0.128. The lowest BCUT2D eigenvalue weighted by atomic mass is 9.77. The molecule has 38 heavy (non-hydrogen) atoms. The van der Waals surface area contributed by atoms with Gasteiger partial charge in [-0.05, 0) is 53.3 Å². The summed E-state index contributed by atoms with van der Waals surface area (Å²) in [5, 5.41) is 11.0. The summed E-state index contributed by atoms with van der Waals surface area (Å²) in [5.41, 5.74) is 0.983. The van der Waals surface area contributed by atoms with E-state index in [1.165, 1.54) is 39.8 Å². The largest absolute Gasteiger partial charge is 0.513 e. The minimum absolute atomic E-state index is 0.00461. The fourth-order valence-corrected chi connectivity index (χ4v) is 6.20. The summed E-state index contributed by atoms with van der Waals surface area (Å²) >= 11 is 0. The third-order valence-electron chi connectivity index (χ3n) is 6.04. The van der Waals surface area contributed by atoms with Gasteiger partial charge in [0, 0.05) is 40.8 Å². The van der Waals surface area contributed by atoms with Gasteiger partial charge in [-0.15, -0.1) is 0 Å². The number of nitrogens with zero attached hydrogens (tertiary/aromatic N) is 1. The van der Waals surface area contributed by atoms with E-state index >= 15 is 0 Å². The van der Waals surface area contributed by atoms with Crippen LogP contribution in [0, 0.1) is 0 Å². The molecule has 0 aliphatic carbocycles. The second-order valence-corrected chi connectivity index (χ2v) is 10.8. The zero-order chi connectivity index (χ0) is 26.1. The van der Waals surface area contributed by atoms with Gasteiger partial charge in [-0.25, -0.2) is 14.6 Å². The molecule has 1 spiro atoms. The number of benzene rings is 3. The fourth-order valence-electron chi connectivity index (χ4n) is 4.49. The summed E-state index contributed by atoms with van der Waals surface area (Å²) in [4.78, 5) is 29.4. The Labute approximate surface area is 225 Å². The summed E-state index contributed by atoms with van der Waals surface area (Å²) in [6, 6.07) is 22.3. The van der Waals surface area contributed by atoms with E-state index in [1.54, 1.807) is 36.5 Å². The molecular formula is C28H19NO7S2. The Morgan fingerprint density at radius 1 is 0.947 bits per heavy atom. The smallest absolute Gasteiger partial charge is 0.508 e. The molecule has 8 nitrogen and oxygen atoms in total. The van der Waals surface area contributed by atoms with Gasteiger partial charge < -0.3 is 24.1 Å². The van der Waals surface area contributed by atoms with Crippen molar-refractivity contribution in [1.29, 1.82) is 0 Å². The molecule has 2 aliphatic heterocycles. The molecule has 0 amide bonds. The van der Waals surface area contributed by atoms with E-state index in [2.05, 4.69) is 4.98 Å². The van der Waals surface area contributed by atoms with Gasteiger partial charge >= 0.3 is 12.1 Å². The predicted molar refractivity (Wildman–Crippen MR) is 141 cm³/mol. The summed E-state index contributed by atoms with van der Waals surface area (Å²) in [5.74, 6) is 0.924. The number of carbonyl (C=O) groups is 2. The molecule has 10 heteroatoms. The Morgan fingerprint density at radius 3 is 2.58 bits per heavy atom. The maximum atomic E-state index is 12.9. The molecule has 0 fully saturated rings. The van der Waals surface area contributed by atoms with Crippen LogP contribution in [0.3, 0.4) is 0 Å². The third-order valence-corrected chi connectivity index (χ3v) is 8.27. The highest BCUT2D eigenvalue weighted by molar-refractivity contribution is 8.76. The summed E-state index contributed by atoms with van der Waals surface area (Å²) in [7, 11) is 3.01. The van der Waals surface area contributed by atoms with Gasteiger partial charge in [0.05, 0.1) is 5.56 Å². The maximum Gasteiger partial charge on any atom is 0.513 e. The SMILES string of the molecule is O=C(OCCSSc1ccccn1)Oc1ccc2c(c1)Oc1cc(O)ccc1C21OC(=O)c2ccccc21. The summed E-state index contributed by atoms with van der Waals surface area (Å²) in [6.45, 7) is 0.160. The van der Waals surface area contributed by atoms with Crippen molar-refractivity contribution in [2.45, 2.75) is 10.6 Å². The van der Waals surface area contributed by atoms with Gasteiger partial charge in [-0.1, -0.05) is 35.1 Å². The number of pyridine rings is 1. The first-order valence-electron chi connectivity index (χ1n) is 11.6. The number of phenols is 1. The van der Waals surface area contributed by atoms with Crippen molar-refractivity contribution in [2.75, 3.05) is 12.4 Å². The molecule has 6 rings (SSSR count). The van der Waals surface area contributed by atoms with Crippen LogP contribution in [0.1, 0.15) is 27.0 Å². The number of aromatic nitrogens is 1. The first-order valence-corrected chi connectivity index (χ1v) is 13.9. The predicted octanol–water partition coefficient (Wildman–Crippen LogP) is 6.31. The molecule has 1 aromatic heterocycles. The van der Waals surface area contributed by atoms with E-state index in [-0.39, 0.29) is 18.1 Å². The Balaban J connectivity index is 1.21. The maximum absolute atomic E-state index is 12.9. The van der Waals surface area contributed by atoms with Crippen molar-refractivity contribution in [3.8, 4) is 23.0 Å². The second kappa shape index (κ2) is 9.96. The first-order chi connectivity index (χ1) is 18.5. The van der Waals surface area contributed by atoms with E-state index in [0.29, 0.717) is 39.5 Å². The topological polar surface area (TPSA) is 104 Å². The Bertz CT molecular complexity index is 1550. The molecule has 3 aromatic carbocycles. The molecule has 3 heterocycles. The summed E-state index contributed by atoms with van der Waals surface area (Å²) < 4.78 is 22.7. The Hall–Kier alpha value is -4.15. The molecule has 1 unspecified atom stereocenters. The highest BCUT2D eigenvalue weighted by Crippen LogP contribution is 2.56. The molecule has 0 bridgehead atoms. The number of phenolic OH excluding ortho intramolecular Hbond substituents is 1. The molecule has 1 atom stereocenters. The van der Waals surface area contributed by atoms with Crippen molar-refractivity contribution in [2.24, 2.45) is 0 Å². The van der Waals surface area contributed by atoms with Crippen LogP contribution in [-0.2, 0) is 15.1 Å². The normalized spacial score (nSPS) is 16.6. The molecule has 4 aromatic rings. The molecule has 1 N–H and O–H groups in total. The summed E-state index contributed by atoms with van der Waals surface area (Å²) in [6.07, 6.45) is 0.868. The number of hydrogen-bond donors (Lipinski definition) is 1. The van der Waals surface area contributed by atoms with Crippen molar-refractivity contribution in [3.63, 3.8) is 0 Å². The van der Waals surface area contributed by atoms with E-state index in [0.717, 1.165) is 5.03 Å². The second-order valence-electron chi connectivity index (χ2n) is 8.33. The van der Waals surface area contributed by atoms with Crippen LogP contribution in [-0.4, -0.2) is 34.6 Å². The molecule has 0 radical (unpaired) electrons. The number of carbonyl (C=O) groups excluding carboxylic acids is 2. The Kier molecular flexibility index (Phi) is 6.34. The zero-order valence-corrected chi connectivity index (χ0v) is 21.3. The average molecular weight is 546 g/mol. The number of ether oxygens (including phenoxy) is 4. The molecular weight excluding hydrogens is 526 g/mol. The monoisotopic (exact) mass is 545 g/mol. The highest BCUT2D eigenvalue weighted by Gasteiger charge is 2.53. The van der Waals surface area contributed by atoms with E-state index < -0.39 is 17.7 Å². The van der Waals surface area contributed by atoms with Crippen LogP contribution in [0.2, 0.25) is 0 Å². The molecule has 0 saturated heterocycles. The first kappa shape index (κ1) is 24.2. The minimum Gasteiger partial charge on any atom is -0.508 e. The van der Waals surface area contributed by atoms with Crippen LogP contribution in [0.5, 0.6) is 23.0 Å². The average Bonchev–Trinajstić information content (AvgIpc) is 3.21.